The van der Waals surface area contributed by atoms with Gasteiger partial charge in [-0.1, -0.05) is 25.7 Å². The van der Waals surface area contributed by atoms with Gasteiger partial charge in [-0.05, 0) is 25.3 Å². The smallest absolute Gasteiger partial charge is 0.338 e. The highest BCUT2D eigenvalue weighted by Crippen LogP contribution is 2.57. The van der Waals surface area contributed by atoms with Crippen LogP contribution in [0.5, 0.6) is 0 Å². The minimum atomic E-state index is -1.90. The lowest BCUT2D eigenvalue weighted by Crippen LogP contribution is -2.62. The molecule has 0 radical (unpaired) electrons. The second-order valence-electron chi connectivity index (χ2n) is 11.9. The van der Waals surface area contributed by atoms with Crippen molar-refractivity contribution >= 4 is 5.97 Å². The molecule has 5 rings (SSSR count). The van der Waals surface area contributed by atoms with Crippen molar-refractivity contribution in [3.8, 4) is 0 Å². The molecule has 0 bridgehead atoms. The van der Waals surface area contributed by atoms with E-state index in [0.29, 0.717) is 18.4 Å². The Morgan fingerprint density at radius 3 is 2.49 bits per heavy atom. The molecule has 5 aliphatic rings. The van der Waals surface area contributed by atoms with Crippen molar-refractivity contribution in [2.45, 2.75) is 93.2 Å². The van der Waals surface area contributed by atoms with Crippen LogP contribution >= 0.6 is 0 Å². The number of aliphatic hydroxyl groups excluding tert-OH is 5. The molecule has 0 aromatic rings. The van der Waals surface area contributed by atoms with Gasteiger partial charge in [0.1, 0.15) is 42.2 Å². The number of rotatable bonds is 6. The number of hydrogen-bond acceptors (Lipinski definition) is 13. The van der Waals surface area contributed by atoms with Crippen LogP contribution in [0.2, 0.25) is 0 Å². The molecule has 3 aliphatic heterocycles. The first kappa shape index (κ1) is 29.0. The van der Waals surface area contributed by atoms with Gasteiger partial charge in [-0.15, -0.1) is 0 Å². The molecule has 39 heavy (non-hydrogen) atoms. The Kier molecular flexibility index (Phi) is 7.52. The van der Waals surface area contributed by atoms with Crippen LogP contribution in [0, 0.1) is 17.3 Å². The summed E-state index contributed by atoms with van der Waals surface area (Å²) in [5, 5.41) is 72.1. The first-order valence-corrected chi connectivity index (χ1v) is 13.1. The van der Waals surface area contributed by atoms with E-state index >= 15 is 0 Å². The summed E-state index contributed by atoms with van der Waals surface area (Å²) in [5.41, 5.74) is -3.46. The highest BCUT2D eigenvalue weighted by molar-refractivity contribution is 5.82. The van der Waals surface area contributed by atoms with Gasteiger partial charge in [0.15, 0.2) is 18.2 Å². The van der Waals surface area contributed by atoms with Crippen molar-refractivity contribution < 1.29 is 64.2 Å². The second kappa shape index (κ2) is 10.1. The zero-order valence-electron chi connectivity index (χ0n) is 21.8. The molecule has 13 nitrogen and oxygen atoms in total. The average Bonchev–Trinajstić information content (AvgIpc) is 3.31. The highest BCUT2D eigenvalue weighted by Gasteiger charge is 2.64. The average molecular weight is 559 g/mol. The predicted octanol–water partition coefficient (Wildman–Crippen LogP) is -2.53. The van der Waals surface area contributed by atoms with Crippen LogP contribution in [0.25, 0.3) is 0 Å². The molecule has 7 N–H and O–H groups in total. The topological polar surface area (TPSA) is 205 Å². The summed E-state index contributed by atoms with van der Waals surface area (Å²) < 4.78 is 28.3. The first-order valence-electron chi connectivity index (χ1n) is 13.1. The Balaban J connectivity index is 1.30. The molecule has 2 aliphatic carbocycles. The molecule has 14 atom stereocenters. The SMILES string of the molecule is C=C1C=C[C@@H](O[C@@H]2O[C@H](CO[C@@H]3OC[C@](O)(CO)[C@H]3O)[C@@H](O)[C@H](O)[C@H]2O)[C@@]2(C)CC[C@@H]3[C@@H](OC(=O)[C@@]3(C)O)[C@H]12. The minimum absolute atomic E-state index is 0.373. The Bertz CT molecular complexity index is 1000. The van der Waals surface area contributed by atoms with Gasteiger partial charge in [0.25, 0.3) is 0 Å². The van der Waals surface area contributed by atoms with Crippen molar-refractivity contribution in [3.63, 3.8) is 0 Å². The molecule has 0 spiro atoms. The van der Waals surface area contributed by atoms with Crippen molar-refractivity contribution in [2.24, 2.45) is 17.3 Å². The quantitative estimate of drug-likeness (QED) is 0.168. The van der Waals surface area contributed by atoms with Crippen LogP contribution < -0.4 is 0 Å². The van der Waals surface area contributed by atoms with Crippen LogP contribution in [0.4, 0.5) is 0 Å². The number of fused-ring (bicyclic) bond motifs is 3. The van der Waals surface area contributed by atoms with Gasteiger partial charge < -0.3 is 59.4 Å². The van der Waals surface area contributed by atoms with Crippen LogP contribution in [0.15, 0.2) is 24.3 Å². The lowest BCUT2D eigenvalue weighted by atomic mass is 9.55. The fourth-order valence-corrected chi connectivity index (χ4v) is 6.66. The van der Waals surface area contributed by atoms with E-state index in [4.69, 9.17) is 23.7 Å². The van der Waals surface area contributed by atoms with Gasteiger partial charge in [0, 0.05) is 17.3 Å². The molecule has 13 heteroatoms. The number of carbonyl (C=O) groups is 1. The maximum Gasteiger partial charge on any atom is 0.338 e. The third-order valence-corrected chi connectivity index (χ3v) is 9.30. The lowest BCUT2D eigenvalue weighted by molar-refractivity contribution is -0.324. The normalized spacial score (nSPS) is 53.4. The number of esters is 1. The van der Waals surface area contributed by atoms with Gasteiger partial charge in [0.05, 0.1) is 25.9 Å². The molecular formula is C26H38O13. The van der Waals surface area contributed by atoms with E-state index < -0.39 is 97.0 Å². The molecule has 0 unspecified atom stereocenters. The maximum atomic E-state index is 12.4. The van der Waals surface area contributed by atoms with Gasteiger partial charge in [-0.3, -0.25) is 0 Å². The predicted molar refractivity (Wildman–Crippen MR) is 128 cm³/mol. The minimum Gasteiger partial charge on any atom is -0.459 e. The zero-order chi connectivity index (χ0) is 28.5. The summed E-state index contributed by atoms with van der Waals surface area (Å²) >= 11 is 0. The van der Waals surface area contributed by atoms with Crippen molar-refractivity contribution in [2.75, 3.05) is 19.8 Å². The second-order valence-corrected chi connectivity index (χ2v) is 11.9. The van der Waals surface area contributed by atoms with Crippen LogP contribution in [0.1, 0.15) is 26.7 Å². The standard InChI is InChI=1S/C26H38O13/c1-11-4-5-14(24(2)7-6-12-19(15(11)24)39-23(32)25(12,3)33)38-21-18(30)17(29)16(28)13(37-21)8-35-22-20(31)26(34,9-27)10-36-22/h4-5,12-22,27-31,33-34H,1,6-10H2,2-3H3/t12-,13-,14-,15+,16-,17+,18-,19-,20+,21+,22-,24-,25+,26-/m1/s1. The van der Waals surface area contributed by atoms with E-state index in [1.54, 1.807) is 12.2 Å². The summed E-state index contributed by atoms with van der Waals surface area (Å²) in [6.07, 6.45) is -7.14. The molecular weight excluding hydrogens is 520 g/mol. The fraction of sp³-hybridized carbons (Fsp3) is 0.808. The molecule has 220 valence electrons. The van der Waals surface area contributed by atoms with Gasteiger partial charge in [-0.2, -0.15) is 0 Å². The van der Waals surface area contributed by atoms with Gasteiger partial charge in [-0.25, -0.2) is 4.79 Å². The number of allylic oxidation sites excluding steroid dienone is 1. The molecule has 0 amide bonds. The Hall–Kier alpha value is -1.49. The van der Waals surface area contributed by atoms with Crippen molar-refractivity contribution in [3.05, 3.63) is 24.3 Å². The molecule has 3 heterocycles. The Morgan fingerprint density at radius 1 is 1.10 bits per heavy atom. The summed E-state index contributed by atoms with van der Waals surface area (Å²) in [5.74, 6) is -1.48. The number of hydrogen-bond donors (Lipinski definition) is 7. The first-order chi connectivity index (χ1) is 18.2. The van der Waals surface area contributed by atoms with Gasteiger partial charge >= 0.3 is 5.97 Å². The largest absolute Gasteiger partial charge is 0.459 e. The number of aliphatic hydroxyl groups is 7. The molecule has 0 aromatic carbocycles. The van der Waals surface area contributed by atoms with Gasteiger partial charge in [0.2, 0.25) is 0 Å². The van der Waals surface area contributed by atoms with E-state index in [-0.39, 0.29) is 12.5 Å². The molecule has 0 aromatic heterocycles. The van der Waals surface area contributed by atoms with E-state index in [1.807, 2.05) is 6.92 Å². The van der Waals surface area contributed by atoms with Crippen molar-refractivity contribution in [1.82, 2.24) is 0 Å². The fourth-order valence-electron chi connectivity index (χ4n) is 6.66. The Labute approximate surface area is 225 Å². The number of carbonyl (C=O) groups excluding carboxylic acids is 1. The number of ether oxygens (including phenoxy) is 5. The highest BCUT2D eigenvalue weighted by atomic mass is 16.7. The maximum absolute atomic E-state index is 12.4. The Morgan fingerprint density at radius 2 is 1.82 bits per heavy atom. The zero-order valence-corrected chi connectivity index (χ0v) is 21.8. The third kappa shape index (κ3) is 4.57. The van der Waals surface area contributed by atoms with E-state index in [9.17, 15) is 40.5 Å². The summed E-state index contributed by atoms with van der Waals surface area (Å²) in [6, 6.07) is 0. The molecule has 1 saturated carbocycles. The monoisotopic (exact) mass is 558 g/mol. The van der Waals surface area contributed by atoms with E-state index in [0.717, 1.165) is 0 Å². The van der Waals surface area contributed by atoms with Crippen LogP contribution in [0.3, 0.4) is 0 Å². The molecule has 4 fully saturated rings. The summed E-state index contributed by atoms with van der Waals surface area (Å²) in [7, 11) is 0. The van der Waals surface area contributed by atoms with Crippen LogP contribution in [-0.2, 0) is 28.5 Å². The van der Waals surface area contributed by atoms with E-state index in [1.165, 1.54) is 6.92 Å². The third-order valence-electron chi connectivity index (χ3n) is 9.30. The van der Waals surface area contributed by atoms with Crippen LogP contribution in [-0.4, -0.2) is 128 Å². The summed E-state index contributed by atoms with van der Waals surface area (Å²) in [6.45, 7) is 6.01. The lowest BCUT2D eigenvalue weighted by Gasteiger charge is -2.53. The van der Waals surface area contributed by atoms with E-state index in [2.05, 4.69) is 6.58 Å². The molecule has 3 saturated heterocycles. The van der Waals surface area contributed by atoms with Crippen molar-refractivity contribution in [1.29, 1.82) is 0 Å². The summed E-state index contributed by atoms with van der Waals surface area (Å²) in [4.78, 5) is 12.4.